The van der Waals surface area contributed by atoms with Gasteiger partial charge in [-0.25, -0.2) is 9.97 Å². The maximum atomic E-state index is 12.8. The summed E-state index contributed by atoms with van der Waals surface area (Å²) in [6.45, 7) is 7.77. The van der Waals surface area contributed by atoms with Crippen molar-refractivity contribution < 1.29 is 22.3 Å². The summed E-state index contributed by atoms with van der Waals surface area (Å²) in [4.78, 5) is 12.3. The van der Waals surface area contributed by atoms with Crippen molar-refractivity contribution in [1.29, 1.82) is 0 Å². The maximum Gasteiger partial charge on any atom is 0.573 e. The minimum absolute atomic E-state index is 0. The minimum atomic E-state index is -4.81. The Morgan fingerprint density at radius 3 is 2.38 bits per heavy atom. The number of oxazole rings is 1. The molecular weight excluding hydrogens is 466 g/mol. The Balaban J connectivity index is 0.00000289. The van der Waals surface area contributed by atoms with E-state index in [-0.39, 0.29) is 34.2 Å². The van der Waals surface area contributed by atoms with Crippen LogP contribution in [0, 0.1) is 6.92 Å². The molecule has 1 N–H and O–H groups in total. The van der Waals surface area contributed by atoms with E-state index in [9.17, 15) is 13.2 Å². The zero-order valence-electron chi connectivity index (χ0n) is 17.6. The van der Waals surface area contributed by atoms with Crippen LogP contribution < -0.4 is 4.74 Å². The molecule has 2 aromatic carbocycles. The number of imidazole rings is 1. The molecule has 5 nitrogen and oxygen atoms in total. The second-order valence-corrected chi connectivity index (χ2v) is 8.56. The van der Waals surface area contributed by atoms with Gasteiger partial charge in [0.2, 0.25) is 0 Å². The van der Waals surface area contributed by atoms with Crippen molar-refractivity contribution >= 4 is 35.0 Å². The number of alkyl halides is 3. The highest BCUT2D eigenvalue weighted by Crippen LogP contribution is 2.38. The molecule has 4 rings (SSSR count). The standard InChI is InChI=1S/C22H19ClF3N3O2.ClH/c1-11-17(29-20(30-11)21(2,3)4)19-27-15-10-12(9-14(23)18(15)28-19)13-7-5-6-8-16(13)31-22(24,25)26;/h5-10H,1-4H3,(H,27,28);1H. The highest BCUT2D eigenvalue weighted by Gasteiger charge is 2.32. The Bertz CT molecular complexity index is 1270. The van der Waals surface area contributed by atoms with Gasteiger partial charge in [-0.05, 0) is 30.7 Å². The van der Waals surface area contributed by atoms with Gasteiger partial charge in [-0.2, -0.15) is 0 Å². The number of aromatic amines is 1. The van der Waals surface area contributed by atoms with E-state index in [1.807, 2.05) is 20.8 Å². The molecule has 0 atom stereocenters. The summed E-state index contributed by atoms with van der Waals surface area (Å²) in [7, 11) is 0. The van der Waals surface area contributed by atoms with Gasteiger partial charge in [-0.1, -0.05) is 50.6 Å². The van der Waals surface area contributed by atoms with Crippen LogP contribution in [0.1, 0.15) is 32.4 Å². The summed E-state index contributed by atoms with van der Waals surface area (Å²) in [6.07, 6.45) is -4.81. The molecule has 0 bridgehead atoms. The Morgan fingerprint density at radius 1 is 1.06 bits per heavy atom. The summed E-state index contributed by atoms with van der Waals surface area (Å²) >= 11 is 6.43. The number of para-hydroxylation sites is 1. The molecule has 0 aliphatic carbocycles. The van der Waals surface area contributed by atoms with Crippen LogP contribution in [0.5, 0.6) is 5.75 Å². The molecule has 0 saturated carbocycles. The first-order valence-electron chi connectivity index (χ1n) is 9.45. The molecule has 10 heteroatoms. The number of aromatic nitrogens is 3. The van der Waals surface area contributed by atoms with Crippen LogP contribution in [0.2, 0.25) is 5.02 Å². The van der Waals surface area contributed by atoms with E-state index in [2.05, 4.69) is 19.7 Å². The molecule has 0 aliphatic rings. The van der Waals surface area contributed by atoms with Crippen molar-refractivity contribution in [2.45, 2.75) is 39.5 Å². The van der Waals surface area contributed by atoms with Crippen molar-refractivity contribution in [3.05, 3.63) is 53.1 Å². The average molecular weight is 486 g/mol. The van der Waals surface area contributed by atoms with Crippen LogP contribution in [-0.2, 0) is 5.41 Å². The summed E-state index contributed by atoms with van der Waals surface area (Å²) in [5.74, 6) is 1.33. The Kier molecular flexibility index (Phi) is 6.23. The monoisotopic (exact) mass is 485 g/mol. The lowest BCUT2D eigenvalue weighted by Gasteiger charge is -2.13. The number of fused-ring (bicyclic) bond motifs is 1. The maximum absolute atomic E-state index is 12.8. The summed E-state index contributed by atoms with van der Waals surface area (Å²) in [5.41, 5.74) is 2.03. The number of ether oxygens (including phenoxy) is 1. The van der Waals surface area contributed by atoms with Gasteiger partial charge >= 0.3 is 6.36 Å². The topological polar surface area (TPSA) is 63.9 Å². The van der Waals surface area contributed by atoms with Crippen molar-refractivity contribution in [3.8, 4) is 28.4 Å². The van der Waals surface area contributed by atoms with E-state index in [1.54, 1.807) is 25.1 Å². The SMILES string of the molecule is Cc1oc(C(C)(C)C)nc1-c1nc2c(Cl)cc(-c3ccccc3OC(F)(F)F)cc2[nH]1.Cl. The third-order valence-electron chi connectivity index (χ3n) is 4.63. The first kappa shape index (κ1) is 23.9. The average Bonchev–Trinajstić information content (AvgIpc) is 3.24. The van der Waals surface area contributed by atoms with Gasteiger partial charge in [-0.3, -0.25) is 0 Å². The number of H-pyrrole nitrogens is 1. The van der Waals surface area contributed by atoms with Crippen LogP contribution in [-0.4, -0.2) is 21.3 Å². The Labute approximate surface area is 193 Å². The lowest BCUT2D eigenvalue weighted by molar-refractivity contribution is -0.274. The van der Waals surface area contributed by atoms with Gasteiger partial charge in [0.25, 0.3) is 0 Å². The van der Waals surface area contributed by atoms with Crippen molar-refractivity contribution in [2.75, 3.05) is 0 Å². The molecular formula is C22H20Cl2F3N3O2. The van der Waals surface area contributed by atoms with Gasteiger partial charge in [-0.15, -0.1) is 25.6 Å². The fourth-order valence-electron chi connectivity index (χ4n) is 3.20. The highest BCUT2D eigenvalue weighted by molar-refractivity contribution is 6.35. The minimum Gasteiger partial charge on any atom is -0.445 e. The summed E-state index contributed by atoms with van der Waals surface area (Å²) < 4.78 is 48.4. The smallest absolute Gasteiger partial charge is 0.445 e. The number of rotatable bonds is 3. The number of benzene rings is 2. The van der Waals surface area contributed by atoms with E-state index in [4.69, 9.17) is 16.0 Å². The first-order chi connectivity index (χ1) is 14.4. The molecule has 0 amide bonds. The summed E-state index contributed by atoms with van der Waals surface area (Å²) in [5, 5.41) is 0.286. The van der Waals surface area contributed by atoms with Gasteiger partial charge in [0, 0.05) is 11.0 Å². The molecule has 2 heterocycles. The van der Waals surface area contributed by atoms with Crippen molar-refractivity contribution in [3.63, 3.8) is 0 Å². The fourth-order valence-corrected chi connectivity index (χ4v) is 3.46. The number of aryl methyl sites for hydroxylation is 1. The molecule has 4 aromatic rings. The van der Waals surface area contributed by atoms with Gasteiger partial charge in [0.05, 0.1) is 10.5 Å². The lowest BCUT2D eigenvalue weighted by atomic mass is 9.97. The molecule has 32 heavy (non-hydrogen) atoms. The zero-order valence-corrected chi connectivity index (χ0v) is 19.2. The number of nitrogens with one attached hydrogen (secondary N) is 1. The molecule has 170 valence electrons. The Morgan fingerprint density at radius 2 is 1.75 bits per heavy atom. The number of hydrogen-bond donors (Lipinski definition) is 1. The van der Waals surface area contributed by atoms with Gasteiger partial charge in [0.1, 0.15) is 22.7 Å². The summed E-state index contributed by atoms with van der Waals surface area (Å²) in [6, 6.07) is 9.13. The van der Waals surface area contributed by atoms with E-state index in [0.29, 0.717) is 39.8 Å². The fraction of sp³-hybridized carbons (Fsp3) is 0.273. The molecule has 2 aromatic heterocycles. The van der Waals surface area contributed by atoms with Crippen LogP contribution >= 0.6 is 24.0 Å². The van der Waals surface area contributed by atoms with E-state index >= 15 is 0 Å². The molecule has 0 fully saturated rings. The first-order valence-corrected chi connectivity index (χ1v) is 9.83. The third-order valence-corrected chi connectivity index (χ3v) is 4.91. The molecule has 0 radical (unpaired) electrons. The van der Waals surface area contributed by atoms with Crippen LogP contribution in [0.25, 0.3) is 33.7 Å². The number of nitrogens with zero attached hydrogens (tertiary/aromatic N) is 2. The second kappa shape index (κ2) is 8.33. The van der Waals surface area contributed by atoms with Crippen molar-refractivity contribution in [2.24, 2.45) is 0 Å². The highest BCUT2D eigenvalue weighted by atomic mass is 35.5. The van der Waals surface area contributed by atoms with Gasteiger partial charge in [0.15, 0.2) is 11.7 Å². The predicted molar refractivity (Wildman–Crippen MR) is 119 cm³/mol. The van der Waals surface area contributed by atoms with Crippen LogP contribution in [0.15, 0.2) is 40.8 Å². The Hall–Kier alpha value is -2.71. The van der Waals surface area contributed by atoms with Crippen LogP contribution in [0.3, 0.4) is 0 Å². The zero-order chi connectivity index (χ0) is 22.6. The quantitative estimate of drug-likeness (QED) is 0.326. The molecule has 0 spiro atoms. The van der Waals surface area contributed by atoms with Crippen molar-refractivity contribution in [1.82, 2.24) is 15.0 Å². The largest absolute Gasteiger partial charge is 0.573 e. The third kappa shape index (κ3) is 4.71. The van der Waals surface area contributed by atoms with E-state index < -0.39 is 6.36 Å². The van der Waals surface area contributed by atoms with Crippen LogP contribution in [0.4, 0.5) is 13.2 Å². The molecule has 0 aliphatic heterocycles. The van der Waals surface area contributed by atoms with E-state index in [0.717, 1.165) is 0 Å². The second-order valence-electron chi connectivity index (χ2n) is 8.16. The molecule has 0 saturated heterocycles. The number of hydrogen-bond acceptors (Lipinski definition) is 4. The predicted octanol–water partition coefficient (Wildman–Crippen LogP) is 7.46. The lowest BCUT2D eigenvalue weighted by Crippen LogP contribution is -2.17. The van der Waals surface area contributed by atoms with E-state index in [1.165, 1.54) is 18.2 Å². The number of halogens is 5. The van der Waals surface area contributed by atoms with Gasteiger partial charge < -0.3 is 14.1 Å². The molecule has 0 unspecified atom stereocenters. The normalized spacial score (nSPS) is 12.1.